The van der Waals surface area contributed by atoms with E-state index in [4.69, 9.17) is 15.6 Å². The molecule has 7 heteroatoms. The predicted octanol–water partition coefficient (Wildman–Crippen LogP) is 2.67. The molecule has 0 bridgehead atoms. The third-order valence-corrected chi connectivity index (χ3v) is 4.26. The summed E-state index contributed by atoms with van der Waals surface area (Å²) < 4.78 is 7.54. The number of aromatic amines is 1. The van der Waals surface area contributed by atoms with Crippen LogP contribution in [0.15, 0.2) is 15.5 Å². The molecule has 3 rings (SSSR count). The van der Waals surface area contributed by atoms with Crippen LogP contribution in [0.1, 0.15) is 24.1 Å². The second-order valence-electron chi connectivity index (χ2n) is 5.34. The van der Waals surface area contributed by atoms with E-state index in [1.165, 1.54) is 4.57 Å². The van der Waals surface area contributed by atoms with E-state index in [9.17, 15) is 4.79 Å². The van der Waals surface area contributed by atoms with Crippen LogP contribution in [0.5, 0.6) is 0 Å². The van der Waals surface area contributed by atoms with Gasteiger partial charge >= 0.3 is 0 Å². The molecular weight excluding hydrogens is 336 g/mol. The average Bonchev–Trinajstić information content (AvgIpc) is 3.19. The van der Waals surface area contributed by atoms with Gasteiger partial charge < -0.3 is 14.3 Å². The Hall–Kier alpha value is -1.89. The molecule has 0 aromatic carbocycles. The van der Waals surface area contributed by atoms with Gasteiger partial charge in [-0.1, -0.05) is 0 Å². The van der Waals surface area contributed by atoms with Gasteiger partial charge in [0.2, 0.25) is 5.90 Å². The fourth-order valence-electron chi connectivity index (χ4n) is 2.37. The van der Waals surface area contributed by atoms with Crippen molar-refractivity contribution in [2.75, 3.05) is 0 Å². The van der Waals surface area contributed by atoms with E-state index in [1.807, 2.05) is 0 Å². The second-order valence-corrected chi connectivity index (χ2v) is 6.19. The molecule has 0 saturated heterocycles. The van der Waals surface area contributed by atoms with Crippen LogP contribution in [-0.4, -0.2) is 21.3 Å². The molecule has 0 radical (unpaired) electrons. The smallest absolute Gasteiger partial charge is 0.274 e. The molecule has 2 heterocycles. The van der Waals surface area contributed by atoms with Gasteiger partial charge in [-0.2, -0.15) is 0 Å². The minimum absolute atomic E-state index is 0.0930. The van der Waals surface area contributed by atoms with Gasteiger partial charge in [-0.25, -0.2) is 0 Å². The summed E-state index contributed by atoms with van der Waals surface area (Å²) in [6.45, 7) is 1.79. The zero-order valence-corrected chi connectivity index (χ0v) is 13.3. The second kappa shape index (κ2) is 4.84. The Labute approximate surface area is 129 Å². The summed E-state index contributed by atoms with van der Waals surface area (Å²) >= 11 is 3.44. The molecule has 1 fully saturated rings. The molecular formula is C14H15BrN4O2. The standard InChI is InChI=1S/C14H15BrN4O2/c1-6-9(13(17)21-12(16)7-3-4-7)10-8(15)5-19(2)14(20)11(10)18-6/h5,7,16-18H,3-4H2,1-2H3. The van der Waals surface area contributed by atoms with Crippen molar-refractivity contribution in [3.8, 4) is 0 Å². The molecule has 0 aliphatic heterocycles. The van der Waals surface area contributed by atoms with Gasteiger partial charge in [-0.15, -0.1) is 0 Å². The Morgan fingerprint density at radius 2 is 2.14 bits per heavy atom. The van der Waals surface area contributed by atoms with Crippen LogP contribution >= 0.6 is 15.9 Å². The number of nitrogens with one attached hydrogen (secondary N) is 3. The number of halogens is 1. The maximum Gasteiger partial charge on any atom is 0.274 e. The number of rotatable bonds is 2. The van der Waals surface area contributed by atoms with Crippen molar-refractivity contribution >= 4 is 38.6 Å². The highest BCUT2D eigenvalue weighted by atomic mass is 79.9. The molecule has 1 aliphatic rings. The number of nitrogens with zero attached hydrogens (tertiary/aromatic N) is 1. The van der Waals surface area contributed by atoms with Crippen molar-refractivity contribution in [3.63, 3.8) is 0 Å². The molecule has 0 amide bonds. The van der Waals surface area contributed by atoms with E-state index in [1.54, 1.807) is 20.2 Å². The molecule has 0 unspecified atom stereocenters. The van der Waals surface area contributed by atoms with Crippen LogP contribution in [0.3, 0.4) is 0 Å². The third kappa shape index (κ3) is 2.31. The first-order chi connectivity index (χ1) is 9.90. The van der Waals surface area contributed by atoms with E-state index in [0.29, 0.717) is 26.6 Å². The lowest BCUT2D eigenvalue weighted by Crippen LogP contribution is -2.17. The van der Waals surface area contributed by atoms with Gasteiger partial charge in [0, 0.05) is 34.7 Å². The van der Waals surface area contributed by atoms with Gasteiger partial charge in [-0.3, -0.25) is 15.6 Å². The summed E-state index contributed by atoms with van der Waals surface area (Å²) in [4.78, 5) is 15.2. The van der Waals surface area contributed by atoms with E-state index >= 15 is 0 Å². The number of pyridine rings is 1. The highest BCUT2D eigenvalue weighted by molar-refractivity contribution is 9.10. The number of aryl methyl sites for hydroxylation is 2. The van der Waals surface area contributed by atoms with E-state index in [0.717, 1.165) is 12.8 Å². The molecule has 0 spiro atoms. The lowest BCUT2D eigenvalue weighted by Gasteiger charge is -2.08. The molecule has 2 aromatic rings. The first kappa shape index (κ1) is 14.1. The monoisotopic (exact) mass is 350 g/mol. The average molecular weight is 351 g/mol. The first-order valence-electron chi connectivity index (χ1n) is 6.62. The SMILES string of the molecule is Cc1[nH]c2c(=O)n(C)cc(Br)c2c1C(=N)OC(=N)C1CC1. The van der Waals surface area contributed by atoms with Crippen molar-refractivity contribution in [2.45, 2.75) is 19.8 Å². The van der Waals surface area contributed by atoms with Crippen LogP contribution in [0.25, 0.3) is 10.9 Å². The maximum atomic E-state index is 12.2. The van der Waals surface area contributed by atoms with Crippen LogP contribution in [0, 0.1) is 23.7 Å². The predicted molar refractivity (Wildman–Crippen MR) is 84.3 cm³/mol. The summed E-state index contributed by atoms with van der Waals surface area (Å²) in [5, 5.41) is 16.6. The minimum Gasteiger partial charge on any atom is -0.425 e. The van der Waals surface area contributed by atoms with Crippen LogP contribution in [0.2, 0.25) is 0 Å². The molecule has 1 aliphatic carbocycles. The Morgan fingerprint density at radius 1 is 1.48 bits per heavy atom. The van der Waals surface area contributed by atoms with Crippen LogP contribution in [0.4, 0.5) is 0 Å². The van der Waals surface area contributed by atoms with Crippen molar-refractivity contribution < 1.29 is 4.74 Å². The number of fused-ring (bicyclic) bond motifs is 1. The fourth-order valence-corrected chi connectivity index (χ4v) is 3.07. The highest BCUT2D eigenvalue weighted by Gasteiger charge is 2.30. The molecule has 110 valence electrons. The Bertz CT molecular complexity index is 830. The lowest BCUT2D eigenvalue weighted by atomic mass is 10.1. The third-order valence-electron chi connectivity index (χ3n) is 3.65. The van der Waals surface area contributed by atoms with Crippen molar-refractivity contribution in [2.24, 2.45) is 13.0 Å². The topological polar surface area (TPSA) is 94.7 Å². The van der Waals surface area contributed by atoms with E-state index in [2.05, 4.69) is 20.9 Å². The summed E-state index contributed by atoms with van der Waals surface area (Å²) in [6, 6.07) is 0. The molecule has 1 saturated carbocycles. The van der Waals surface area contributed by atoms with Crippen molar-refractivity contribution in [1.29, 1.82) is 10.8 Å². The zero-order valence-electron chi connectivity index (χ0n) is 11.7. The number of aromatic nitrogens is 2. The normalized spacial score (nSPS) is 14.4. The van der Waals surface area contributed by atoms with Crippen LogP contribution in [-0.2, 0) is 11.8 Å². The van der Waals surface area contributed by atoms with Gasteiger partial charge in [-0.05, 0) is 35.7 Å². The highest BCUT2D eigenvalue weighted by Crippen LogP contribution is 2.32. The Kier molecular flexibility index (Phi) is 3.24. The lowest BCUT2D eigenvalue weighted by molar-refractivity contribution is 0.512. The summed E-state index contributed by atoms with van der Waals surface area (Å²) in [5.74, 6) is 0.186. The van der Waals surface area contributed by atoms with Gasteiger partial charge in [0.15, 0.2) is 5.90 Å². The summed E-state index contributed by atoms with van der Waals surface area (Å²) in [7, 11) is 1.67. The number of hydrogen-bond acceptors (Lipinski definition) is 4. The van der Waals surface area contributed by atoms with Crippen molar-refractivity contribution in [3.05, 3.63) is 32.3 Å². The molecule has 6 nitrogen and oxygen atoms in total. The molecule has 0 atom stereocenters. The van der Waals surface area contributed by atoms with Gasteiger partial charge in [0.25, 0.3) is 5.56 Å². The Balaban J connectivity index is 2.11. The zero-order chi connectivity index (χ0) is 15.3. The van der Waals surface area contributed by atoms with Gasteiger partial charge in [0.05, 0.1) is 5.56 Å². The van der Waals surface area contributed by atoms with Crippen molar-refractivity contribution in [1.82, 2.24) is 9.55 Å². The fraction of sp³-hybridized carbons (Fsp3) is 0.357. The summed E-state index contributed by atoms with van der Waals surface area (Å²) in [5.41, 5.74) is 1.49. The van der Waals surface area contributed by atoms with Gasteiger partial charge in [0.1, 0.15) is 5.52 Å². The molecule has 21 heavy (non-hydrogen) atoms. The summed E-state index contributed by atoms with van der Waals surface area (Å²) in [6.07, 6.45) is 3.56. The Morgan fingerprint density at radius 3 is 2.76 bits per heavy atom. The van der Waals surface area contributed by atoms with Crippen LogP contribution < -0.4 is 5.56 Å². The largest absolute Gasteiger partial charge is 0.425 e. The quantitative estimate of drug-likeness (QED) is 0.573. The minimum atomic E-state index is -0.160. The molecule has 3 N–H and O–H groups in total. The maximum absolute atomic E-state index is 12.2. The van der Waals surface area contributed by atoms with E-state index in [-0.39, 0.29) is 23.3 Å². The first-order valence-corrected chi connectivity index (χ1v) is 7.42. The number of ether oxygens (including phenoxy) is 1. The number of hydrogen-bond donors (Lipinski definition) is 3. The number of H-pyrrole nitrogens is 1. The molecule has 2 aromatic heterocycles. The van der Waals surface area contributed by atoms with E-state index < -0.39 is 0 Å².